The number of hydrogen-bond acceptors (Lipinski definition) is 1. The molecule has 0 radical (unpaired) electrons. The van der Waals surface area contributed by atoms with Gasteiger partial charge in [0.25, 0.3) is 0 Å². The molecule has 2 heteroatoms. The minimum absolute atomic E-state index is 0.755. The summed E-state index contributed by atoms with van der Waals surface area (Å²) in [6, 6.07) is 4.41. The fourth-order valence-corrected chi connectivity index (χ4v) is 2.62. The third-order valence-electron chi connectivity index (χ3n) is 3.24. The molecule has 0 bridgehead atoms. The molecule has 0 saturated heterocycles. The largest absolute Gasteiger partial charge is 0.398 e. The Morgan fingerprint density at radius 2 is 1.43 bits per heavy atom. The van der Waals surface area contributed by atoms with Crippen LogP contribution >= 0.6 is 15.9 Å². The molecule has 0 atom stereocenters. The van der Waals surface area contributed by atoms with Crippen LogP contribution in [0, 0.1) is 0 Å². The van der Waals surface area contributed by atoms with Crippen molar-refractivity contribution in [2.75, 3.05) is 5.73 Å². The Kier molecular flexibility index (Phi) is 1.88. The van der Waals surface area contributed by atoms with E-state index in [0.717, 1.165) is 17.5 Å². The molecule has 74 valence electrons. The van der Waals surface area contributed by atoms with Crippen molar-refractivity contribution in [1.29, 1.82) is 0 Å². The molecular formula is C12H14BrN. The summed E-state index contributed by atoms with van der Waals surface area (Å²) in [4.78, 5) is 0. The molecule has 2 fully saturated rings. The standard InChI is InChI=1S/C12H14BrN/c13-9-5-10(7-1-2-7)12(14)11(6-9)8-3-4-8/h5-8H,1-4,14H2. The summed E-state index contributed by atoms with van der Waals surface area (Å²) < 4.78 is 1.20. The number of hydrogen-bond donors (Lipinski definition) is 1. The normalized spacial score (nSPS) is 21.2. The quantitative estimate of drug-likeness (QED) is 0.796. The van der Waals surface area contributed by atoms with Gasteiger partial charge in [-0.3, -0.25) is 0 Å². The van der Waals surface area contributed by atoms with Crippen molar-refractivity contribution in [2.24, 2.45) is 0 Å². The average Bonchev–Trinajstić information content (AvgIpc) is 3.03. The van der Waals surface area contributed by atoms with Crippen LogP contribution in [0.2, 0.25) is 0 Å². The molecule has 0 aromatic heterocycles. The summed E-state index contributed by atoms with van der Waals surface area (Å²) in [7, 11) is 0. The van der Waals surface area contributed by atoms with E-state index in [9.17, 15) is 0 Å². The van der Waals surface area contributed by atoms with E-state index in [-0.39, 0.29) is 0 Å². The summed E-state index contributed by atoms with van der Waals surface area (Å²) in [5.41, 5.74) is 10.1. The van der Waals surface area contributed by atoms with Crippen LogP contribution in [0.5, 0.6) is 0 Å². The number of nitrogen functional groups attached to an aromatic ring is 1. The molecule has 3 rings (SSSR count). The summed E-state index contributed by atoms with van der Waals surface area (Å²) in [6.07, 6.45) is 5.30. The third-order valence-corrected chi connectivity index (χ3v) is 3.70. The smallest absolute Gasteiger partial charge is 0.0385 e. The molecule has 0 amide bonds. The van der Waals surface area contributed by atoms with Gasteiger partial charge in [0.2, 0.25) is 0 Å². The molecule has 0 heterocycles. The minimum atomic E-state index is 0.755. The van der Waals surface area contributed by atoms with E-state index < -0.39 is 0 Å². The van der Waals surface area contributed by atoms with Crippen LogP contribution in [0.25, 0.3) is 0 Å². The van der Waals surface area contributed by atoms with Crippen molar-refractivity contribution in [3.05, 3.63) is 27.7 Å². The Hall–Kier alpha value is -0.500. The van der Waals surface area contributed by atoms with Gasteiger partial charge in [-0.1, -0.05) is 15.9 Å². The molecule has 1 aromatic carbocycles. The van der Waals surface area contributed by atoms with Crippen LogP contribution in [0.3, 0.4) is 0 Å². The molecule has 2 saturated carbocycles. The highest BCUT2D eigenvalue weighted by Crippen LogP contribution is 2.49. The van der Waals surface area contributed by atoms with Crippen LogP contribution in [-0.4, -0.2) is 0 Å². The van der Waals surface area contributed by atoms with Crippen molar-refractivity contribution in [3.63, 3.8) is 0 Å². The van der Waals surface area contributed by atoms with Crippen molar-refractivity contribution in [3.8, 4) is 0 Å². The second kappa shape index (κ2) is 2.99. The Labute approximate surface area is 92.8 Å². The zero-order valence-corrected chi connectivity index (χ0v) is 9.68. The number of rotatable bonds is 2. The minimum Gasteiger partial charge on any atom is -0.398 e. The molecule has 0 unspecified atom stereocenters. The van der Waals surface area contributed by atoms with Gasteiger partial charge in [0.15, 0.2) is 0 Å². The Morgan fingerprint density at radius 1 is 1.00 bits per heavy atom. The molecule has 2 aliphatic carbocycles. The number of anilines is 1. The zero-order chi connectivity index (χ0) is 9.71. The lowest BCUT2D eigenvalue weighted by molar-refractivity contribution is 1.08. The summed E-state index contributed by atoms with van der Waals surface area (Å²) in [5.74, 6) is 1.51. The van der Waals surface area contributed by atoms with Crippen LogP contribution in [0.15, 0.2) is 16.6 Å². The Bertz CT molecular complexity index is 345. The summed E-state index contributed by atoms with van der Waals surface area (Å²) in [6.45, 7) is 0. The van der Waals surface area contributed by atoms with Gasteiger partial charge >= 0.3 is 0 Å². The van der Waals surface area contributed by atoms with Crippen molar-refractivity contribution >= 4 is 21.6 Å². The summed E-state index contributed by atoms with van der Waals surface area (Å²) in [5, 5.41) is 0. The maximum atomic E-state index is 6.21. The van der Waals surface area contributed by atoms with Gasteiger partial charge in [-0.15, -0.1) is 0 Å². The fraction of sp³-hybridized carbons (Fsp3) is 0.500. The van der Waals surface area contributed by atoms with Crippen LogP contribution < -0.4 is 5.73 Å². The molecule has 14 heavy (non-hydrogen) atoms. The zero-order valence-electron chi connectivity index (χ0n) is 8.09. The van der Waals surface area contributed by atoms with Gasteiger partial charge in [-0.2, -0.15) is 0 Å². The number of nitrogens with two attached hydrogens (primary N) is 1. The van der Waals surface area contributed by atoms with E-state index in [1.807, 2.05) is 0 Å². The van der Waals surface area contributed by atoms with Gasteiger partial charge < -0.3 is 5.73 Å². The van der Waals surface area contributed by atoms with E-state index in [0.29, 0.717) is 0 Å². The lowest BCUT2D eigenvalue weighted by Gasteiger charge is -2.10. The van der Waals surface area contributed by atoms with Crippen molar-refractivity contribution in [2.45, 2.75) is 37.5 Å². The highest BCUT2D eigenvalue weighted by Gasteiger charge is 2.31. The average molecular weight is 252 g/mol. The van der Waals surface area contributed by atoms with E-state index >= 15 is 0 Å². The molecule has 2 aliphatic rings. The lowest BCUT2D eigenvalue weighted by Crippen LogP contribution is -1.98. The first-order chi connectivity index (χ1) is 6.75. The monoisotopic (exact) mass is 251 g/mol. The number of benzene rings is 1. The molecule has 0 spiro atoms. The Morgan fingerprint density at radius 3 is 1.79 bits per heavy atom. The van der Waals surface area contributed by atoms with E-state index in [2.05, 4.69) is 28.1 Å². The van der Waals surface area contributed by atoms with Crippen molar-refractivity contribution < 1.29 is 0 Å². The molecule has 2 N–H and O–H groups in total. The third kappa shape index (κ3) is 1.46. The predicted octanol–water partition coefficient (Wildman–Crippen LogP) is 3.79. The van der Waals surface area contributed by atoms with Crippen LogP contribution in [0.4, 0.5) is 5.69 Å². The van der Waals surface area contributed by atoms with Gasteiger partial charge in [-0.25, -0.2) is 0 Å². The van der Waals surface area contributed by atoms with E-state index in [1.54, 1.807) is 0 Å². The van der Waals surface area contributed by atoms with Crippen LogP contribution in [0.1, 0.15) is 48.6 Å². The topological polar surface area (TPSA) is 26.0 Å². The maximum Gasteiger partial charge on any atom is 0.0385 e. The highest BCUT2D eigenvalue weighted by molar-refractivity contribution is 9.10. The number of halogens is 1. The first kappa shape index (κ1) is 8.78. The van der Waals surface area contributed by atoms with Gasteiger partial charge in [0, 0.05) is 10.2 Å². The predicted molar refractivity (Wildman–Crippen MR) is 62.5 cm³/mol. The van der Waals surface area contributed by atoms with E-state index in [1.165, 1.54) is 41.3 Å². The highest BCUT2D eigenvalue weighted by atomic mass is 79.9. The van der Waals surface area contributed by atoms with E-state index in [4.69, 9.17) is 5.73 Å². The first-order valence-electron chi connectivity index (χ1n) is 5.34. The fourth-order valence-electron chi connectivity index (χ4n) is 2.13. The molecule has 1 aromatic rings. The maximum absolute atomic E-state index is 6.21. The first-order valence-corrected chi connectivity index (χ1v) is 6.14. The van der Waals surface area contributed by atoms with Gasteiger partial charge in [0.05, 0.1) is 0 Å². The van der Waals surface area contributed by atoms with Crippen molar-refractivity contribution in [1.82, 2.24) is 0 Å². The van der Waals surface area contributed by atoms with Gasteiger partial charge in [0.1, 0.15) is 0 Å². The molecule has 0 aliphatic heterocycles. The summed E-state index contributed by atoms with van der Waals surface area (Å²) >= 11 is 3.58. The SMILES string of the molecule is Nc1c(C2CC2)cc(Br)cc1C1CC1. The second-order valence-electron chi connectivity index (χ2n) is 4.55. The molecular weight excluding hydrogens is 238 g/mol. The lowest BCUT2D eigenvalue weighted by atomic mass is 10.0. The Balaban J connectivity index is 2.09. The molecule has 1 nitrogen and oxygen atoms in total. The van der Waals surface area contributed by atoms with Gasteiger partial charge in [-0.05, 0) is 60.8 Å². The van der Waals surface area contributed by atoms with Crippen LogP contribution in [-0.2, 0) is 0 Å². The second-order valence-corrected chi connectivity index (χ2v) is 5.46.